The van der Waals surface area contributed by atoms with Crippen LogP contribution in [0.1, 0.15) is 6.92 Å². The molecular weight excluding hydrogens is 342 g/mol. The van der Waals surface area contributed by atoms with Gasteiger partial charge in [0.15, 0.2) is 0 Å². The Balaban J connectivity index is 2.89. The third-order valence-corrected chi connectivity index (χ3v) is 5.20. The smallest absolute Gasteiger partial charge is 0.229 e. The molecule has 0 aromatic heterocycles. The van der Waals surface area contributed by atoms with Crippen molar-refractivity contribution in [2.45, 2.75) is 17.9 Å². The van der Waals surface area contributed by atoms with Crippen LogP contribution in [0.15, 0.2) is 33.6 Å². The van der Waals surface area contributed by atoms with Crippen molar-refractivity contribution in [2.24, 2.45) is 0 Å². The largest absolute Gasteiger partial charge is 0.240 e. The Hall–Kier alpha value is -0.440. The van der Waals surface area contributed by atoms with Gasteiger partial charge in [0, 0.05) is 16.8 Å². The molecule has 0 saturated carbocycles. The van der Waals surface area contributed by atoms with E-state index < -0.39 is 25.9 Å². The fourth-order valence-electron chi connectivity index (χ4n) is 1.46. The molecule has 0 heterocycles. The molecule has 1 N–H and O–H groups in total. The van der Waals surface area contributed by atoms with Crippen molar-refractivity contribution >= 4 is 35.8 Å². The summed E-state index contributed by atoms with van der Waals surface area (Å²) in [5, 5.41) is 0. The maximum atomic E-state index is 12.0. The molecule has 0 aliphatic rings. The van der Waals surface area contributed by atoms with Crippen LogP contribution in [0.3, 0.4) is 0 Å². The van der Waals surface area contributed by atoms with Crippen molar-refractivity contribution in [1.82, 2.24) is 4.72 Å². The van der Waals surface area contributed by atoms with Crippen molar-refractivity contribution in [3.63, 3.8) is 0 Å². The van der Waals surface area contributed by atoms with Gasteiger partial charge in [-0.1, -0.05) is 22.0 Å². The number of hydrogen-bond donors (Lipinski definition) is 1. The maximum Gasteiger partial charge on any atom is 0.240 e. The molecule has 0 aliphatic carbocycles. The van der Waals surface area contributed by atoms with E-state index in [1.165, 1.54) is 19.1 Å². The van der Waals surface area contributed by atoms with Crippen LogP contribution in [0.25, 0.3) is 0 Å². The minimum Gasteiger partial charge on any atom is -0.229 e. The highest BCUT2D eigenvalue weighted by atomic mass is 79.9. The summed E-state index contributed by atoms with van der Waals surface area (Å²) in [4.78, 5) is 0.0947. The molecule has 1 rings (SSSR count). The number of nitrogens with one attached hydrogen (secondary N) is 1. The second-order valence-corrected chi connectivity index (χ2v) is 8.89. The molecule has 0 bridgehead atoms. The predicted molar refractivity (Wildman–Crippen MR) is 73.6 cm³/mol. The molecule has 18 heavy (non-hydrogen) atoms. The lowest BCUT2D eigenvalue weighted by molar-refractivity contribution is 0.564. The third kappa shape index (κ3) is 5.05. The summed E-state index contributed by atoms with van der Waals surface area (Å²) in [6.07, 6.45) is 1.07. The number of rotatable bonds is 5. The van der Waals surface area contributed by atoms with E-state index in [1.54, 1.807) is 12.1 Å². The van der Waals surface area contributed by atoms with E-state index in [-0.39, 0.29) is 10.6 Å². The highest BCUT2D eigenvalue weighted by molar-refractivity contribution is 9.10. The zero-order valence-electron chi connectivity index (χ0n) is 9.92. The van der Waals surface area contributed by atoms with Crippen molar-refractivity contribution in [3.05, 3.63) is 28.7 Å². The van der Waals surface area contributed by atoms with Gasteiger partial charge in [-0.05, 0) is 25.1 Å². The van der Waals surface area contributed by atoms with E-state index in [4.69, 9.17) is 0 Å². The Morgan fingerprint density at radius 3 is 2.39 bits per heavy atom. The molecular formula is C10H14BrNO4S2. The summed E-state index contributed by atoms with van der Waals surface area (Å²) in [6.45, 7) is 1.51. The Bertz CT molecular complexity index is 625. The zero-order valence-corrected chi connectivity index (χ0v) is 13.1. The normalized spacial score (nSPS) is 14.4. The molecule has 5 nitrogen and oxygen atoms in total. The summed E-state index contributed by atoms with van der Waals surface area (Å²) in [5.41, 5.74) is 0. The SMILES string of the molecule is CC(CS(C)(=O)=O)NS(=O)(=O)c1cccc(Br)c1. The van der Waals surface area contributed by atoms with Gasteiger partial charge in [-0.25, -0.2) is 21.6 Å². The minimum absolute atomic E-state index is 0.0947. The quantitative estimate of drug-likeness (QED) is 0.859. The van der Waals surface area contributed by atoms with E-state index in [2.05, 4.69) is 20.7 Å². The predicted octanol–water partition coefficient (Wildman–Crippen LogP) is 1.16. The fourth-order valence-corrected chi connectivity index (χ4v) is 4.39. The van der Waals surface area contributed by atoms with Gasteiger partial charge in [0.05, 0.1) is 10.6 Å². The van der Waals surface area contributed by atoms with Crippen LogP contribution in [0.5, 0.6) is 0 Å². The lowest BCUT2D eigenvalue weighted by atomic mass is 10.4. The first-order chi connectivity index (χ1) is 8.10. The lowest BCUT2D eigenvalue weighted by Gasteiger charge is -2.13. The first-order valence-electron chi connectivity index (χ1n) is 5.06. The standard InChI is InChI=1S/C10H14BrNO4S2/c1-8(7-17(2,13)14)12-18(15,16)10-5-3-4-9(11)6-10/h3-6,8,12H,7H2,1-2H3. The molecule has 1 aromatic carbocycles. The molecule has 1 aromatic rings. The Morgan fingerprint density at radius 2 is 1.89 bits per heavy atom. The second-order valence-electron chi connectivity index (χ2n) is 4.07. The van der Waals surface area contributed by atoms with E-state index in [9.17, 15) is 16.8 Å². The number of hydrogen-bond acceptors (Lipinski definition) is 4. The molecule has 0 spiro atoms. The Morgan fingerprint density at radius 1 is 1.28 bits per heavy atom. The molecule has 0 amide bonds. The van der Waals surface area contributed by atoms with Crippen LogP contribution >= 0.6 is 15.9 Å². The van der Waals surface area contributed by atoms with Crippen molar-refractivity contribution in [1.29, 1.82) is 0 Å². The molecule has 102 valence electrons. The van der Waals surface area contributed by atoms with Gasteiger partial charge in [-0.2, -0.15) is 0 Å². The number of halogens is 1. The number of sulfone groups is 1. The summed E-state index contributed by atoms with van der Waals surface area (Å²) in [6, 6.07) is 5.53. The molecule has 0 radical (unpaired) electrons. The second kappa shape index (κ2) is 5.68. The average molecular weight is 356 g/mol. The first kappa shape index (κ1) is 15.6. The maximum absolute atomic E-state index is 12.0. The molecule has 1 atom stereocenters. The van der Waals surface area contributed by atoms with Gasteiger partial charge in [-0.3, -0.25) is 0 Å². The summed E-state index contributed by atoms with van der Waals surface area (Å²) < 4.78 is 49.0. The zero-order chi connectivity index (χ0) is 14.0. The molecule has 1 unspecified atom stereocenters. The molecule has 0 fully saturated rings. The Kier molecular flexibility index (Phi) is 4.93. The van der Waals surface area contributed by atoms with E-state index in [1.807, 2.05) is 0 Å². The molecule has 0 aliphatic heterocycles. The van der Waals surface area contributed by atoms with E-state index in [0.29, 0.717) is 4.47 Å². The van der Waals surface area contributed by atoms with Crippen LogP contribution in [-0.4, -0.2) is 34.9 Å². The van der Waals surface area contributed by atoms with Crippen molar-refractivity contribution < 1.29 is 16.8 Å². The minimum atomic E-state index is -3.70. The monoisotopic (exact) mass is 355 g/mol. The number of benzene rings is 1. The Labute approximate surface area is 116 Å². The summed E-state index contributed by atoms with van der Waals surface area (Å²) >= 11 is 3.18. The fraction of sp³-hybridized carbons (Fsp3) is 0.400. The lowest BCUT2D eigenvalue weighted by Crippen LogP contribution is -2.37. The van der Waals surface area contributed by atoms with Gasteiger partial charge in [0.1, 0.15) is 9.84 Å². The van der Waals surface area contributed by atoms with Gasteiger partial charge < -0.3 is 0 Å². The van der Waals surface area contributed by atoms with Crippen LogP contribution in [-0.2, 0) is 19.9 Å². The molecule has 8 heteroatoms. The number of sulfonamides is 1. The van der Waals surface area contributed by atoms with E-state index in [0.717, 1.165) is 6.26 Å². The highest BCUT2D eigenvalue weighted by Gasteiger charge is 2.20. The van der Waals surface area contributed by atoms with Crippen LogP contribution in [0.2, 0.25) is 0 Å². The molecule has 0 saturated heterocycles. The summed E-state index contributed by atoms with van der Waals surface area (Å²) in [5.74, 6) is -0.236. The topological polar surface area (TPSA) is 80.3 Å². The van der Waals surface area contributed by atoms with Crippen LogP contribution in [0, 0.1) is 0 Å². The van der Waals surface area contributed by atoms with E-state index >= 15 is 0 Å². The van der Waals surface area contributed by atoms with Gasteiger partial charge in [0.2, 0.25) is 10.0 Å². The first-order valence-corrected chi connectivity index (χ1v) is 9.39. The van der Waals surface area contributed by atoms with Crippen molar-refractivity contribution in [3.8, 4) is 0 Å². The van der Waals surface area contributed by atoms with Crippen molar-refractivity contribution in [2.75, 3.05) is 12.0 Å². The summed E-state index contributed by atoms with van der Waals surface area (Å²) in [7, 11) is -6.92. The van der Waals surface area contributed by atoms with Gasteiger partial charge in [-0.15, -0.1) is 0 Å². The third-order valence-electron chi connectivity index (χ3n) is 2.02. The highest BCUT2D eigenvalue weighted by Crippen LogP contribution is 2.16. The van der Waals surface area contributed by atoms with Gasteiger partial charge >= 0.3 is 0 Å². The average Bonchev–Trinajstić information content (AvgIpc) is 2.13. The van der Waals surface area contributed by atoms with Crippen LogP contribution in [0.4, 0.5) is 0 Å². The van der Waals surface area contributed by atoms with Gasteiger partial charge in [0.25, 0.3) is 0 Å². The van der Waals surface area contributed by atoms with Crippen LogP contribution < -0.4 is 4.72 Å².